The second-order valence-electron chi connectivity index (χ2n) is 7.79. The number of ether oxygens (including phenoxy) is 1. The number of rotatable bonds is 2. The lowest BCUT2D eigenvalue weighted by molar-refractivity contribution is -0.119. The van der Waals surface area contributed by atoms with Gasteiger partial charge < -0.3 is 4.74 Å². The Morgan fingerprint density at radius 3 is 2.62 bits per heavy atom. The maximum Gasteiger partial charge on any atom is 0.184 e. The third-order valence-electron chi connectivity index (χ3n) is 4.86. The van der Waals surface area contributed by atoms with Crippen LogP contribution in [0.3, 0.4) is 0 Å². The SMILES string of the molecule is CC(C)(C)C(=O)C1=NN2c3cc(F)ccc3OCC2C1c1ccccc1. The molecule has 0 aliphatic carbocycles. The van der Waals surface area contributed by atoms with Crippen LogP contribution in [0.25, 0.3) is 0 Å². The third kappa shape index (κ3) is 2.68. The highest BCUT2D eigenvalue weighted by atomic mass is 19.1. The quantitative estimate of drug-likeness (QED) is 0.815. The third-order valence-corrected chi connectivity index (χ3v) is 4.86. The highest BCUT2D eigenvalue weighted by Crippen LogP contribution is 2.43. The van der Waals surface area contributed by atoms with Gasteiger partial charge in [0, 0.05) is 11.5 Å². The largest absolute Gasteiger partial charge is 0.489 e. The van der Waals surface area contributed by atoms with E-state index in [1.807, 2.05) is 51.1 Å². The van der Waals surface area contributed by atoms with Gasteiger partial charge >= 0.3 is 0 Å². The minimum Gasteiger partial charge on any atom is -0.489 e. The van der Waals surface area contributed by atoms with Crippen molar-refractivity contribution in [3.8, 4) is 5.75 Å². The molecule has 0 radical (unpaired) electrons. The molecule has 2 aliphatic rings. The summed E-state index contributed by atoms with van der Waals surface area (Å²) in [6.07, 6.45) is 0. The lowest BCUT2D eigenvalue weighted by Gasteiger charge is -2.33. The van der Waals surface area contributed by atoms with E-state index in [1.54, 1.807) is 11.1 Å². The molecule has 26 heavy (non-hydrogen) atoms. The number of carbonyl (C=O) groups is 1. The lowest BCUT2D eigenvalue weighted by atomic mass is 9.79. The van der Waals surface area contributed by atoms with E-state index in [9.17, 15) is 9.18 Å². The number of hydrazone groups is 1. The second-order valence-corrected chi connectivity index (χ2v) is 7.79. The molecule has 4 rings (SSSR count). The fourth-order valence-corrected chi connectivity index (χ4v) is 3.55. The van der Waals surface area contributed by atoms with Crippen molar-refractivity contribution in [2.24, 2.45) is 10.5 Å². The molecule has 2 atom stereocenters. The van der Waals surface area contributed by atoms with Gasteiger partial charge in [0.05, 0.1) is 12.0 Å². The predicted molar refractivity (Wildman–Crippen MR) is 99.2 cm³/mol. The molecule has 0 saturated carbocycles. The summed E-state index contributed by atoms with van der Waals surface area (Å²) in [5.41, 5.74) is 1.54. The standard InChI is InChI=1S/C21H21FN2O2/c1-21(2,3)20(25)19-18(13-7-5-4-6-8-13)16-12-26-17-10-9-14(22)11-15(17)24(16)23-19/h4-11,16,18H,12H2,1-3H3. The van der Waals surface area contributed by atoms with Crippen LogP contribution in [0.1, 0.15) is 32.3 Å². The molecular formula is C21H21FN2O2. The van der Waals surface area contributed by atoms with E-state index in [2.05, 4.69) is 5.10 Å². The second kappa shape index (κ2) is 5.94. The van der Waals surface area contributed by atoms with Crippen molar-refractivity contribution in [3.05, 3.63) is 59.9 Å². The van der Waals surface area contributed by atoms with Gasteiger partial charge in [0.2, 0.25) is 0 Å². The highest BCUT2D eigenvalue weighted by molar-refractivity contribution is 6.44. The minimum atomic E-state index is -0.550. The molecule has 2 heterocycles. The van der Waals surface area contributed by atoms with Gasteiger partial charge in [-0.3, -0.25) is 9.80 Å². The maximum atomic E-state index is 13.8. The zero-order valence-electron chi connectivity index (χ0n) is 15.1. The Kier molecular flexibility index (Phi) is 3.83. The molecule has 0 aromatic heterocycles. The van der Waals surface area contributed by atoms with Crippen LogP contribution < -0.4 is 9.75 Å². The van der Waals surface area contributed by atoms with Gasteiger partial charge in [-0.1, -0.05) is 51.1 Å². The summed E-state index contributed by atoms with van der Waals surface area (Å²) >= 11 is 0. The van der Waals surface area contributed by atoms with Crippen molar-refractivity contribution < 1.29 is 13.9 Å². The number of Topliss-reactive ketones (excluding diaryl/α,β-unsaturated/α-hetero) is 1. The number of hydrogen-bond donors (Lipinski definition) is 0. The fourth-order valence-electron chi connectivity index (χ4n) is 3.55. The number of ketones is 1. The average Bonchev–Trinajstić information content (AvgIpc) is 3.00. The van der Waals surface area contributed by atoms with Crippen molar-refractivity contribution in [2.75, 3.05) is 11.6 Å². The Balaban J connectivity index is 1.84. The van der Waals surface area contributed by atoms with E-state index in [0.717, 1.165) is 5.56 Å². The first-order valence-electron chi connectivity index (χ1n) is 8.76. The molecule has 2 aliphatic heterocycles. The van der Waals surface area contributed by atoms with Gasteiger partial charge in [-0.2, -0.15) is 5.10 Å². The molecule has 4 nitrogen and oxygen atoms in total. The highest BCUT2D eigenvalue weighted by Gasteiger charge is 2.47. The van der Waals surface area contributed by atoms with Crippen molar-refractivity contribution in [3.63, 3.8) is 0 Å². The Bertz CT molecular complexity index is 887. The van der Waals surface area contributed by atoms with Crippen molar-refractivity contribution in [1.82, 2.24) is 0 Å². The fraction of sp³-hybridized carbons (Fsp3) is 0.333. The molecule has 2 aromatic rings. The molecule has 0 spiro atoms. The topological polar surface area (TPSA) is 41.9 Å². The van der Waals surface area contributed by atoms with Gasteiger partial charge in [-0.15, -0.1) is 0 Å². The van der Waals surface area contributed by atoms with Crippen LogP contribution in [0, 0.1) is 11.2 Å². The summed E-state index contributed by atoms with van der Waals surface area (Å²) in [6.45, 7) is 6.06. The number of benzene rings is 2. The minimum absolute atomic E-state index is 0.00120. The molecule has 134 valence electrons. The number of hydrogen-bond acceptors (Lipinski definition) is 4. The molecule has 0 saturated heterocycles. The van der Waals surface area contributed by atoms with Crippen LogP contribution in [0.15, 0.2) is 53.6 Å². The molecule has 5 heteroatoms. The summed E-state index contributed by atoms with van der Waals surface area (Å²) < 4.78 is 19.7. The first kappa shape index (κ1) is 16.8. The Morgan fingerprint density at radius 2 is 1.92 bits per heavy atom. The molecule has 2 unspecified atom stereocenters. The van der Waals surface area contributed by atoms with Crippen LogP contribution in [0.2, 0.25) is 0 Å². The van der Waals surface area contributed by atoms with E-state index < -0.39 is 5.41 Å². The van der Waals surface area contributed by atoms with E-state index in [0.29, 0.717) is 23.8 Å². The summed E-state index contributed by atoms with van der Waals surface area (Å²) in [4.78, 5) is 13.1. The van der Waals surface area contributed by atoms with E-state index in [1.165, 1.54) is 12.1 Å². The Morgan fingerprint density at radius 1 is 1.19 bits per heavy atom. The Labute approximate surface area is 152 Å². The number of nitrogens with zero attached hydrogens (tertiary/aromatic N) is 2. The number of halogens is 1. The maximum absolute atomic E-state index is 13.8. The van der Waals surface area contributed by atoms with Gasteiger partial charge in [0.25, 0.3) is 0 Å². The van der Waals surface area contributed by atoms with E-state index >= 15 is 0 Å². The summed E-state index contributed by atoms with van der Waals surface area (Å²) in [5, 5.41) is 6.43. The normalized spacial score (nSPS) is 21.5. The monoisotopic (exact) mass is 352 g/mol. The molecule has 2 aromatic carbocycles. The Hall–Kier alpha value is -2.69. The van der Waals surface area contributed by atoms with Gasteiger partial charge in [-0.25, -0.2) is 4.39 Å². The number of carbonyl (C=O) groups excluding carboxylic acids is 1. The van der Waals surface area contributed by atoms with Crippen molar-refractivity contribution in [2.45, 2.75) is 32.7 Å². The lowest BCUT2D eigenvalue weighted by Crippen LogP contribution is -2.42. The number of fused-ring (bicyclic) bond motifs is 3. The predicted octanol–water partition coefficient (Wildman–Crippen LogP) is 4.16. The molecular weight excluding hydrogens is 331 g/mol. The smallest absolute Gasteiger partial charge is 0.184 e. The van der Waals surface area contributed by atoms with Crippen molar-refractivity contribution >= 4 is 17.2 Å². The van der Waals surface area contributed by atoms with Gasteiger partial charge in [-0.05, 0) is 17.7 Å². The van der Waals surface area contributed by atoms with Crippen LogP contribution in [0.5, 0.6) is 5.75 Å². The van der Waals surface area contributed by atoms with Crippen LogP contribution >= 0.6 is 0 Å². The zero-order valence-corrected chi connectivity index (χ0v) is 15.1. The average molecular weight is 352 g/mol. The van der Waals surface area contributed by atoms with Gasteiger partial charge in [0.1, 0.15) is 29.6 Å². The van der Waals surface area contributed by atoms with Crippen LogP contribution in [-0.2, 0) is 4.79 Å². The number of anilines is 1. The first-order chi connectivity index (χ1) is 12.4. The van der Waals surface area contributed by atoms with Crippen LogP contribution in [0.4, 0.5) is 10.1 Å². The molecule has 0 amide bonds. The van der Waals surface area contributed by atoms with E-state index in [-0.39, 0.29) is 23.6 Å². The van der Waals surface area contributed by atoms with Crippen molar-refractivity contribution in [1.29, 1.82) is 0 Å². The molecule has 0 N–H and O–H groups in total. The molecule has 0 fully saturated rings. The first-order valence-corrected chi connectivity index (χ1v) is 8.76. The summed E-state index contributed by atoms with van der Waals surface area (Å²) in [7, 11) is 0. The zero-order chi connectivity index (χ0) is 18.5. The molecule has 0 bridgehead atoms. The van der Waals surface area contributed by atoms with Crippen LogP contribution in [-0.4, -0.2) is 24.1 Å². The van der Waals surface area contributed by atoms with E-state index in [4.69, 9.17) is 4.74 Å². The van der Waals surface area contributed by atoms with Gasteiger partial charge in [0.15, 0.2) is 5.78 Å². The summed E-state index contributed by atoms with van der Waals surface area (Å²) in [6, 6.07) is 14.1. The summed E-state index contributed by atoms with van der Waals surface area (Å²) in [5.74, 6) is 0.0239.